The first kappa shape index (κ1) is 24.4. The van der Waals surface area contributed by atoms with Gasteiger partial charge in [0.15, 0.2) is 5.75 Å². The molecule has 0 aliphatic rings. The van der Waals surface area contributed by atoms with E-state index in [-0.39, 0.29) is 17.9 Å². The highest BCUT2D eigenvalue weighted by molar-refractivity contribution is 6.32. The van der Waals surface area contributed by atoms with Crippen molar-refractivity contribution in [3.63, 3.8) is 0 Å². The standard InChI is InChI=1S/C25H19ClN2O6/c1-17-11-12-21(19(26)15-17)33-14-13-23(29)25(16-27,24(30)18-7-3-2-4-8-18)34-22-10-6-5-9-20(22)28(31)32/h2-12,15H,13-14H2,1H3. The molecule has 0 heterocycles. The van der Waals surface area contributed by atoms with Crippen LogP contribution in [0.4, 0.5) is 5.69 Å². The van der Waals surface area contributed by atoms with E-state index in [1.165, 1.54) is 30.3 Å². The zero-order valence-corrected chi connectivity index (χ0v) is 18.8. The zero-order chi connectivity index (χ0) is 24.7. The maximum Gasteiger partial charge on any atom is 0.314 e. The van der Waals surface area contributed by atoms with E-state index in [9.17, 15) is 25.0 Å². The van der Waals surface area contributed by atoms with Gasteiger partial charge in [-0.3, -0.25) is 19.7 Å². The Kier molecular flexibility index (Phi) is 7.61. The van der Waals surface area contributed by atoms with E-state index in [2.05, 4.69) is 0 Å². The van der Waals surface area contributed by atoms with Crippen molar-refractivity contribution in [2.75, 3.05) is 6.61 Å². The van der Waals surface area contributed by atoms with Gasteiger partial charge in [0.1, 0.15) is 11.8 Å². The van der Waals surface area contributed by atoms with E-state index in [0.717, 1.165) is 11.6 Å². The molecule has 0 aliphatic carbocycles. The van der Waals surface area contributed by atoms with Gasteiger partial charge in [-0.2, -0.15) is 5.26 Å². The maximum absolute atomic E-state index is 13.3. The molecule has 3 aromatic rings. The Morgan fingerprint density at radius 1 is 1.06 bits per heavy atom. The SMILES string of the molecule is Cc1ccc(OCCC(=O)C(C#N)(Oc2ccccc2[N+](=O)[O-])C(=O)c2ccccc2)c(Cl)c1. The second-order valence-electron chi connectivity index (χ2n) is 7.27. The number of halogens is 1. The third kappa shape index (κ3) is 5.22. The van der Waals surface area contributed by atoms with Crippen molar-refractivity contribution < 1.29 is 24.0 Å². The number of nitrogens with zero attached hydrogens (tertiary/aromatic N) is 2. The predicted molar refractivity (Wildman–Crippen MR) is 124 cm³/mol. The van der Waals surface area contributed by atoms with Crippen LogP contribution in [0.5, 0.6) is 11.5 Å². The van der Waals surface area contributed by atoms with Crippen LogP contribution in [0.1, 0.15) is 22.3 Å². The zero-order valence-electron chi connectivity index (χ0n) is 18.1. The van der Waals surface area contributed by atoms with Gasteiger partial charge in [0.2, 0.25) is 11.6 Å². The quantitative estimate of drug-likeness (QED) is 0.172. The number of nitro benzene ring substituents is 1. The molecule has 34 heavy (non-hydrogen) atoms. The summed E-state index contributed by atoms with van der Waals surface area (Å²) in [5, 5.41) is 21.8. The number of carbonyl (C=O) groups is 2. The van der Waals surface area contributed by atoms with E-state index in [0.29, 0.717) is 10.8 Å². The lowest BCUT2D eigenvalue weighted by molar-refractivity contribution is -0.386. The molecule has 1 unspecified atom stereocenters. The normalized spacial score (nSPS) is 12.1. The number of carbonyl (C=O) groups excluding carboxylic acids is 2. The average Bonchev–Trinajstić information content (AvgIpc) is 2.84. The molecule has 1 atom stereocenters. The first-order valence-corrected chi connectivity index (χ1v) is 10.5. The van der Waals surface area contributed by atoms with Crippen LogP contribution in [-0.2, 0) is 4.79 Å². The molecule has 0 saturated heterocycles. The summed E-state index contributed by atoms with van der Waals surface area (Å²) in [6, 6.07) is 19.6. The fraction of sp³-hybridized carbons (Fsp3) is 0.160. The van der Waals surface area contributed by atoms with E-state index < -0.39 is 34.2 Å². The highest BCUT2D eigenvalue weighted by Gasteiger charge is 2.50. The number of nitriles is 1. The molecule has 0 spiro atoms. The molecule has 0 saturated carbocycles. The van der Waals surface area contributed by atoms with Crippen LogP contribution in [0, 0.1) is 28.4 Å². The van der Waals surface area contributed by atoms with Crippen molar-refractivity contribution in [1.29, 1.82) is 5.26 Å². The molecule has 8 nitrogen and oxygen atoms in total. The fourth-order valence-electron chi connectivity index (χ4n) is 3.17. The molecule has 0 aliphatic heterocycles. The number of ketones is 2. The highest BCUT2D eigenvalue weighted by atomic mass is 35.5. The van der Waals surface area contributed by atoms with Gasteiger partial charge < -0.3 is 9.47 Å². The summed E-state index contributed by atoms with van der Waals surface area (Å²) in [6.45, 7) is 1.66. The molecule has 9 heteroatoms. The topological polar surface area (TPSA) is 120 Å². The van der Waals surface area contributed by atoms with Gasteiger partial charge in [0, 0.05) is 18.1 Å². The van der Waals surface area contributed by atoms with Crippen LogP contribution < -0.4 is 9.47 Å². The van der Waals surface area contributed by atoms with Crippen molar-refractivity contribution in [1.82, 2.24) is 0 Å². The number of aryl methyl sites for hydroxylation is 1. The summed E-state index contributed by atoms with van der Waals surface area (Å²) in [6.07, 6.45) is -0.392. The van der Waals surface area contributed by atoms with E-state index >= 15 is 0 Å². The summed E-state index contributed by atoms with van der Waals surface area (Å²) in [5.74, 6) is -1.90. The maximum atomic E-state index is 13.3. The van der Waals surface area contributed by atoms with Gasteiger partial charge >= 0.3 is 11.3 Å². The van der Waals surface area contributed by atoms with Gasteiger partial charge in [0.25, 0.3) is 0 Å². The van der Waals surface area contributed by atoms with E-state index in [1.807, 2.05) is 6.92 Å². The minimum Gasteiger partial charge on any atom is -0.492 e. The smallest absolute Gasteiger partial charge is 0.314 e. The van der Waals surface area contributed by atoms with Crippen LogP contribution in [0.3, 0.4) is 0 Å². The average molecular weight is 479 g/mol. The number of nitro groups is 1. The molecule has 0 aromatic heterocycles. The Balaban J connectivity index is 1.93. The number of hydrogen-bond donors (Lipinski definition) is 0. The van der Waals surface area contributed by atoms with Crippen molar-refractivity contribution in [2.24, 2.45) is 0 Å². The lowest BCUT2D eigenvalue weighted by Gasteiger charge is -2.25. The number of rotatable bonds is 10. The third-order valence-electron chi connectivity index (χ3n) is 4.90. The minimum atomic E-state index is -2.66. The van der Waals surface area contributed by atoms with Crippen molar-refractivity contribution >= 4 is 28.9 Å². The van der Waals surface area contributed by atoms with Crippen LogP contribution >= 0.6 is 11.6 Å². The molecular formula is C25H19ClN2O6. The highest BCUT2D eigenvalue weighted by Crippen LogP contribution is 2.32. The largest absolute Gasteiger partial charge is 0.492 e. The van der Waals surface area contributed by atoms with Crippen molar-refractivity contribution in [2.45, 2.75) is 18.9 Å². The van der Waals surface area contributed by atoms with Gasteiger partial charge in [-0.1, -0.05) is 60.1 Å². The summed E-state index contributed by atoms with van der Waals surface area (Å²) in [5.41, 5.74) is -2.19. The van der Waals surface area contributed by atoms with Crippen LogP contribution in [0.25, 0.3) is 0 Å². The summed E-state index contributed by atoms with van der Waals surface area (Å²) in [4.78, 5) is 37.3. The van der Waals surface area contributed by atoms with Crippen LogP contribution in [0.15, 0.2) is 72.8 Å². The van der Waals surface area contributed by atoms with Crippen LogP contribution in [-0.4, -0.2) is 28.7 Å². The number of benzene rings is 3. The number of para-hydroxylation sites is 2. The Bertz CT molecular complexity index is 1270. The summed E-state index contributed by atoms with van der Waals surface area (Å²) >= 11 is 6.14. The summed E-state index contributed by atoms with van der Waals surface area (Å²) < 4.78 is 11.1. The second kappa shape index (κ2) is 10.6. The predicted octanol–water partition coefficient (Wildman–Crippen LogP) is 5.12. The van der Waals surface area contributed by atoms with Crippen LogP contribution in [0.2, 0.25) is 5.02 Å². The molecule has 0 bridgehead atoms. The number of ether oxygens (including phenoxy) is 2. The van der Waals surface area contributed by atoms with E-state index in [1.54, 1.807) is 42.5 Å². The Morgan fingerprint density at radius 3 is 2.38 bits per heavy atom. The third-order valence-corrected chi connectivity index (χ3v) is 5.20. The molecular weight excluding hydrogens is 460 g/mol. The Hall–Kier alpha value is -4.22. The molecule has 172 valence electrons. The molecule has 0 N–H and O–H groups in total. The number of Topliss-reactive ketones (excluding diaryl/α,β-unsaturated/α-hetero) is 2. The van der Waals surface area contributed by atoms with E-state index in [4.69, 9.17) is 21.1 Å². The molecule has 0 amide bonds. The first-order chi connectivity index (χ1) is 16.3. The lowest BCUT2D eigenvalue weighted by Crippen LogP contribution is -2.51. The first-order valence-electron chi connectivity index (χ1n) is 10.1. The van der Waals surface area contributed by atoms with Gasteiger partial charge in [0.05, 0.1) is 16.6 Å². The van der Waals surface area contributed by atoms with Crippen molar-refractivity contribution in [3.05, 3.63) is 99.1 Å². The molecule has 0 radical (unpaired) electrons. The van der Waals surface area contributed by atoms with Crippen molar-refractivity contribution in [3.8, 4) is 17.6 Å². The molecule has 3 aromatic carbocycles. The van der Waals surface area contributed by atoms with Gasteiger partial charge in [-0.25, -0.2) is 0 Å². The Labute approximate surface area is 200 Å². The van der Waals surface area contributed by atoms with Gasteiger partial charge in [-0.15, -0.1) is 0 Å². The second-order valence-corrected chi connectivity index (χ2v) is 7.68. The minimum absolute atomic E-state index is 0.0403. The van der Waals surface area contributed by atoms with Gasteiger partial charge in [-0.05, 0) is 30.7 Å². The fourth-order valence-corrected chi connectivity index (χ4v) is 3.46. The Morgan fingerprint density at radius 2 is 1.74 bits per heavy atom. The monoisotopic (exact) mass is 478 g/mol. The molecule has 0 fully saturated rings. The number of hydrogen-bond acceptors (Lipinski definition) is 7. The molecule has 3 rings (SSSR count). The summed E-state index contributed by atoms with van der Waals surface area (Å²) in [7, 11) is 0. The lowest BCUT2D eigenvalue weighted by atomic mass is 9.88.